The minimum Gasteiger partial charge on any atom is -0.756 e. The zero-order chi connectivity index (χ0) is 28.1. The van der Waals surface area contributed by atoms with Crippen LogP contribution in [0.15, 0.2) is 4.99 Å². The lowest BCUT2D eigenvalue weighted by Crippen LogP contribution is -2.44. The van der Waals surface area contributed by atoms with Crippen LogP contribution < -0.4 is 9.79 Å². The second-order valence-electron chi connectivity index (χ2n) is 8.35. The van der Waals surface area contributed by atoms with Crippen LogP contribution in [0, 0.1) is 11.5 Å². The zero-order valence-corrected chi connectivity index (χ0v) is 22.9. The van der Waals surface area contributed by atoms with E-state index in [9.17, 15) is 23.7 Å². The molecule has 0 heterocycles. The monoisotopic (exact) mass is 564 g/mol. The summed E-state index contributed by atoms with van der Waals surface area (Å²) in [6.07, 6.45) is 2.83. The Morgan fingerprint density at radius 3 is 1.67 bits per heavy atom. The van der Waals surface area contributed by atoms with Gasteiger partial charge in [-0.3, -0.25) is 9.13 Å². The van der Waals surface area contributed by atoms with Gasteiger partial charge < -0.3 is 51.8 Å². The number of likely N-dealkylation sites (N-methyl/N-ethyl adjacent to an activating group) is 2. The van der Waals surface area contributed by atoms with Crippen LogP contribution in [-0.4, -0.2) is 132 Å². The van der Waals surface area contributed by atoms with Gasteiger partial charge in [-0.15, -0.1) is 0 Å². The minimum absolute atomic E-state index is 0.0147. The van der Waals surface area contributed by atoms with Gasteiger partial charge in [-0.1, -0.05) is 0 Å². The highest BCUT2D eigenvalue weighted by molar-refractivity contribution is 7.46. The van der Waals surface area contributed by atoms with E-state index in [4.69, 9.17) is 15.5 Å². The molecule has 0 bridgehead atoms. The van der Waals surface area contributed by atoms with Crippen LogP contribution in [0.4, 0.5) is 0 Å². The highest BCUT2D eigenvalue weighted by Gasteiger charge is 2.18. The van der Waals surface area contributed by atoms with E-state index in [2.05, 4.69) is 27.8 Å². The first-order valence-electron chi connectivity index (χ1n) is 10.8. The van der Waals surface area contributed by atoms with E-state index >= 15 is 0 Å². The largest absolute Gasteiger partial charge is 0.756 e. The van der Waals surface area contributed by atoms with Crippen molar-refractivity contribution in [1.82, 2.24) is 0 Å². The normalized spacial score (nSPS) is 14.9. The second-order valence-corrected chi connectivity index (χ2v) is 11.2. The van der Waals surface area contributed by atoms with Crippen molar-refractivity contribution >= 4 is 21.7 Å². The van der Waals surface area contributed by atoms with Crippen molar-refractivity contribution in [3.05, 3.63) is 0 Å². The Bertz CT molecular complexity index is 772. The first kappa shape index (κ1) is 36.9. The molecule has 0 aliphatic carbocycles. The number of phosphoric acid groups is 2. The molecule has 0 aromatic rings. The maximum atomic E-state index is 11.3. The Hall–Kier alpha value is -1.27. The standard InChI is InChI=1S/C10H18N3O6P.C8H20NO6P/c1-13(2,4-7-17-9-11)5-8-19-20(15,16)18-6-3-12-10-14;1-9(2,3-5-10)4-7-14-16(12,13)15-8-6-11/h3-8H2,1-2H3;10-11H,3-8H2,1-2H3. The number of nitrogens with zero attached hydrogens (tertiary/aromatic N) is 4. The number of ether oxygens (including phenoxy) is 1. The summed E-state index contributed by atoms with van der Waals surface area (Å²) in [4.78, 5) is 35.3. The van der Waals surface area contributed by atoms with Crippen LogP contribution in [0.25, 0.3) is 0 Å². The molecule has 0 spiro atoms. The predicted molar refractivity (Wildman–Crippen MR) is 121 cm³/mol. The number of quaternary nitrogens is 2. The van der Waals surface area contributed by atoms with Crippen molar-refractivity contribution in [3.63, 3.8) is 0 Å². The van der Waals surface area contributed by atoms with Crippen LogP contribution in [-0.2, 0) is 36.8 Å². The SMILES string of the molecule is C[N+](C)(CCO)CCOP(=O)([O-])OCCO.C[N+](C)(CCOC#N)CCOP(=O)([O-])OCCN=C=O. The highest BCUT2D eigenvalue weighted by Crippen LogP contribution is 2.38. The summed E-state index contributed by atoms with van der Waals surface area (Å²) in [6.45, 7) is 1.08. The van der Waals surface area contributed by atoms with Gasteiger partial charge in [-0.25, -0.2) is 9.79 Å². The molecule has 0 rings (SSSR count). The molecule has 212 valence electrons. The van der Waals surface area contributed by atoms with Crippen molar-refractivity contribution < 1.29 is 65.7 Å². The van der Waals surface area contributed by atoms with E-state index < -0.39 is 15.6 Å². The quantitative estimate of drug-likeness (QED) is 0.0406. The molecule has 2 N–H and O–H groups in total. The molecule has 36 heavy (non-hydrogen) atoms. The van der Waals surface area contributed by atoms with E-state index in [0.29, 0.717) is 35.1 Å². The minimum atomic E-state index is -4.38. The third-order valence-corrected chi connectivity index (χ3v) is 6.31. The van der Waals surface area contributed by atoms with Crippen molar-refractivity contribution in [3.8, 4) is 6.26 Å². The number of aliphatic hydroxyl groups is 2. The molecule has 16 nitrogen and oxygen atoms in total. The maximum absolute atomic E-state index is 11.3. The Morgan fingerprint density at radius 1 is 0.778 bits per heavy atom. The molecule has 0 radical (unpaired) electrons. The molecule has 0 amide bonds. The van der Waals surface area contributed by atoms with Crippen LogP contribution in [0.2, 0.25) is 0 Å². The summed E-state index contributed by atoms with van der Waals surface area (Å²) in [7, 11) is -1.28. The van der Waals surface area contributed by atoms with Crippen LogP contribution in [0.1, 0.15) is 0 Å². The Morgan fingerprint density at radius 2 is 1.22 bits per heavy atom. The Balaban J connectivity index is 0. The molecule has 0 saturated heterocycles. The summed E-state index contributed by atoms with van der Waals surface area (Å²) in [5.41, 5.74) is 0. The number of hydrogen-bond acceptors (Lipinski definition) is 14. The van der Waals surface area contributed by atoms with Gasteiger partial charge in [-0.05, 0) is 0 Å². The maximum Gasteiger partial charge on any atom is 0.286 e. The smallest absolute Gasteiger partial charge is 0.286 e. The van der Waals surface area contributed by atoms with Crippen molar-refractivity contribution in [2.24, 2.45) is 4.99 Å². The molecule has 0 saturated carbocycles. The van der Waals surface area contributed by atoms with E-state index in [1.807, 2.05) is 28.2 Å². The third-order valence-electron chi connectivity index (χ3n) is 4.32. The molecule has 0 aliphatic heterocycles. The molecule has 0 fully saturated rings. The van der Waals surface area contributed by atoms with Gasteiger partial charge >= 0.3 is 0 Å². The highest BCUT2D eigenvalue weighted by atomic mass is 31.2. The summed E-state index contributed by atoms with van der Waals surface area (Å²) in [5.74, 6) is 0. The summed E-state index contributed by atoms with van der Waals surface area (Å²) < 4.78 is 45.8. The van der Waals surface area contributed by atoms with Crippen LogP contribution >= 0.6 is 15.6 Å². The van der Waals surface area contributed by atoms with Crippen LogP contribution in [0.3, 0.4) is 0 Å². The first-order valence-corrected chi connectivity index (χ1v) is 13.7. The lowest BCUT2D eigenvalue weighted by atomic mass is 10.4. The average molecular weight is 564 g/mol. The van der Waals surface area contributed by atoms with E-state index in [-0.39, 0.29) is 52.8 Å². The number of isocyanates is 1. The number of rotatable bonds is 20. The van der Waals surface area contributed by atoms with Crippen molar-refractivity contribution in [1.29, 1.82) is 5.26 Å². The van der Waals surface area contributed by atoms with Crippen LogP contribution in [0.5, 0.6) is 0 Å². The van der Waals surface area contributed by atoms with Gasteiger partial charge in [-0.2, -0.15) is 5.26 Å². The fourth-order valence-electron chi connectivity index (χ4n) is 2.10. The molecular formula is C18H38N4O12P2. The number of phosphoric ester groups is 2. The van der Waals surface area contributed by atoms with Gasteiger partial charge in [0.25, 0.3) is 21.9 Å². The van der Waals surface area contributed by atoms with Gasteiger partial charge in [0, 0.05) is 0 Å². The zero-order valence-electron chi connectivity index (χ0n) is 21.1. The fraction of sp³-hybridized carbons (Fsp3) is 0.889. The number of nitriles is 1. The summed E-state index contributed by atoms with van der Waals surface area (Å²) >= 11 is 0. The fourth-order valence-corrected chi connectivity index (χ4v) is 3.47. The van der Waals surface area contributed by atoms with Gasteiger partial charge in [0.15, 0.2) is 6.61 Å². The average Bonchev–Trinajstić information content (AvgIpc) is 2.75. The molecule has 0 aromatic carbocycles. The summed E-state index contributed by atoms with van der Waals surface area (Å²) in [6, 6.07) is 0. The van der Waals surface area contributed by atoms with Gasteiger partial charge in [0.2, 0.25) is 6.08 Å². The van der Waals surface area contributed by atoms with E-state index in [0.717, 1.165) is 0 Å². The van der Waals surface area contributed by atoms with Gasteiger partial charge in [0.1, 0.15) is 39.4 Å². The lowest BCUT2D eigenvalue weighted by molar-refractivity contribution is -0.890. The molecule has 2 unspecified atom stereocenters. The Kier molecular flexibility index (Phi) is 20.3. The number of carbonyl (C=O) groups excluding carboxylic acids is 1. The van der Waals surface area contributed by atoms with E-state index in [1.165, 1.54) is 6.08 Å². The molecule has 0 aliphatic rings. The lowest BCUT2D eigenvalue weighted by Gasteiger charge is -2.30. The second kappa shape index (κ2) is 19.8. The topological polar surface area (TPSA) is 220 Å². The number of aliphatic imine (C=N–C) groups is 1. The van der Waals surface area contributed by atoms with Gasteiger partial charge in [0.05, 0.1) is 61.2 Å². The third kappa shape index (κ3) is 24.4. The molecule has 2 atom stereocenters. The van der Waals surface area contributed by atoms with E-state index in [1.54, 1.807) is 6.26 Å². The molecular weight excluding hydrogens is 526 g/mol. The summed E-state index contributed by atoms with van der Waals surface area (Å²) in [5, 5.41) is 25.4. The predicted octanol–water partition coefficient (Wildman–Crippen LogP) is -2.05. The van der Waals surface area contributed by atoms with Crippen molar-refractivity contribution in [2.45, 2.75) is 0 Å². The molecule has 0 aromatic heterocycles. The van der Waals surface area contributed by atoms with Crippen molar-refractivity contribution in [2.75, 3.05) is 107 Å². The first-order chi connectivity index (χ1) is 16.7. The Labute approximate surface area is 211 Å². The number of hydrogen-bond donors (Lipinski definition) is 2. The number of aliphatic hydroxyl groups excluding tert-OH is 2. The molecule has 18 heteroatoms.